The molecule has 2 heterocycles. The van der Waals surface area contributed by atoms with Crippen molar-refractivity contribution in [3.63, 3.8) is 0 Å². The number of nitrogens with zero attached hydrogens (tertiary/aromatic N) is 3. The predicted octanol–water partition coefficient (Wildman–Crippen LogP) is 2.54. The molecule has 96 valence electrons. The first-order chi connectivity index (χ1) is 9.16. The van der Waals surface area contributed by atoms with Gasteiger partial charge in [0, 0.05) is 18.1 Å². The van der Waals surface area contributed by atoms with Gasteiger partial charge in [-0.1, -0.05) is 19.1 Å². The number of pyridine rings is 1. The maximum atomic E-state index is 12.5. The highest BCUT2D eigenvalue weighted by molar-refractivity contribution is 5.77. The number of aromatic nitrogens is 3. The summed E-state index contributed by atoms with van der Waals surface area (Å²) in [5.41, 5.74) is 1.54. The highest BCUT2D eigenvalue weighted by atomic mass is 16.1. The lowest BCUT2D eigenvalue weighted by Crippen LogP contribution is -2.23. The molecule has 4 nitrogen and oxygen atoms in total. The zero-order valence-electron chi connectivity index (χ0n) is 11.0. The van der Waals surface area contributed by atoms with Gasteiger partial charge in [0.1, 0.15) is 5.82 Å². The summed E-state index contributed by atoms with van der Waals surface area (Å²) in [5.74, 6) is 1.23. The average Bonchev–Trinajstić information content (AvgIpc) is 2.41. The van der Waals surface area contributed by atoms with Crippen LogP contribution >= 0.6 is 0 Å². The Balaban J connectivity index is 2.25. The van der Waals surface area contributed by atoms with E-state index in [2.05, 4.69) is 29.0 Å². The fourth-order valence-electron chi connectivity index (χ4n) is 2.33. The highest BCUT2D eigenvalue weighted by Gasteiger charge is 2.12. The molecule has 1 unspecified atom stereocenters. The van der Waals surface area contributed by atoms with Gasteiger partial charge in [0.05, 0.1) is 10.9 Å². The molecule has 0 aromatic carbocycles. The van der Waals surface area contributed by atoms with Crippen molar-refractivity contribution in [3.8, 4) is 0 Å². The number of hydrogen-bond acceptors (Lipinski definition) is 3. The van der Waals surface area contributed by atoms with E-state index in [9.17, 15) is 4.79 Å². The monoisotopic (exact) mass is 253 g/mol. The van der Waals surface area contributed by atoms with Crippen LogP contribution in [0.3, 0.4) is 0 Å². The molecule has 0 saturated carbocycles. The van der Waals surface area contributed by atoms with Crippen LogP contribution in [-0.4, -0.2) is 14.5 Å². The molecule has 1 atom stereocenters. The topological polar surface area (TPSA) is 47.8 Å². The Hall–Kier alpha value is -2.23. The molecule has 0 fully saturated rings. The van der Waals surface area contributed by atoms with Crippen molar-refractivity contribution in [2.24, 2.45) is 5.92 Å². The molecule has 3 rings (SSSR count). The number of rotatable bonds is 1. The lowest BCUT2D eigenvalue weighted by Gasteiger charge is -2.16. The molecule has 1 aliphatic rings. The largest absolute Gasteiger partial charge is 0.268 e. The van der Waals surface area contributed by atoms with Crippen LogP contribution in [-0.2, 0) is 0 Å². The molecule has 1 aliphatic carbocycles. The van der Waals surface area contributed by atoms with Gasteiger partial charge in [-0.05, 0) is 31.4 Å². The Kier molecular flexibility index (Phi) is 2.78. The molecule has 2 aromatic heterocycles. The van der Waals surface area contributed by atoms with Crippen LogP contribution in [0.1, 0.15) is 19.2 Å². The predicted molar refractivity (Wildman–Crippen MR) is 75.7 cm³/mol. The number of fused-ring (bicyclic) bond motifs is 1. The first-order valence-corrected chi connectivity index (χ1v) is 6.39. The summed E-state index contributed by atoms with van der Waals surface area (Å²) in [4.78, 5) is 21.0. The second-order valence-electron chi connectivity index (χ2n) is 4.89. The summed E-state index contributed by atoms with van der Waals surface area (Å²) in [7, 11) is 0. The zero-order valence-corrected chi connectivity index (χ0v) is 11.0. The maximum Gasteiger partial charge on any atom is 0.267 e. The van der Waals surface area contributed by atoms with Crippen molar-refractivity contribution in [1.29, 1.82) is 0 Å². The SMILES string of the molecule is Cc1nc2ccncc2c(=O)n1C1=CCC(C)C=C1. The molecular weight excluding hydrogens is 238 g/mol. The van der Waals surface area contributed by atoms with E-state index in [1.165, 1.54) is 0 Å². The molecule has 0 N–H and O–H groups in total. The maximum absolute atomic E-state index is 12.5. The molecule has 0 amide bonds. The Bertz CT molecular complexity index is 756. The van der Waals surface area contributed by atoms with Crippen LogP contribution in [0.25, 0.3) is 16.6 Å². The third-order valence-electron chi connectivity index (χ3n) is 3.39. The van der Waals surface area contributed by atoms with Crippen molar-refractivity contribution in [3.05, 3.63) is 52.9 Å². The van der Waals surface area contributed by atoms with Crippen molar-refractivity contribution >= 4 is 16.6 Å². The summed E-state index contributed by atoms with van der Waals surface area (Å²) in [6.07, 6.45) is 10.4. The van der Waals surface area contributed by atoms with E-state index in [1.54, 1.807) is 23.0 Å². The van der Waals surface area contributed by atoms with Crippen molar-refractivity contribution < 1.29 is 0 Å². The Morgan fingerprint density at radius 1 is 1.42 bits per heavy atom. The lowest BCUT2D eigenvalue weighted by molar-refractivity contribution is 0.730. The number of aryl methyl sites for hydroxylation is 1. The van der Waals surface area contributed by atoms with Gasteiger partial charge in [-0.25, -0.2) is 4.98 Å². The minimum atomic E-state index is -0.0546. The van der Waals surface area contributed by atoms with E-state index >= 15 is 0 Å². The normalized spacial score (nSPS) is 18.6. The first kappa shape index (κ1) is 11.8. The molecule has 0 saturated heterocycles. The molecular formula is C15H15N3O. The fraction of sp³-hybridized carbons (Fsp3) is 0.267. The van der Waals surface area contributed by atoms with Gasteiger partial charge in [0.15, 0.2) is 0 Å². The summed E-state index contributed by atoms with van der Waals surface area (Å²) in [6.45, 7) is 4.01. The Morgan fingerprint density at radius 2 is 2.26 bits per heavy atom. The molecule has 19 heavy (non-hydrogen) atoms. The molecule has 2 aromatic rings. The van der Waals surface area contributed by atoms with E-state index in [1.807, 2.05) is 13.0 Å². The van der Waals surface area contributed by atoms with E-state index in [0.29, 0.717) is 22.6 Å². The smallest absolute Gasteiger partial charge is 0.267 e. The third-order valence-corrected chi connectivity index (χ3v) is 3.39. The van der Waals surface area contributed by atoms with Crippen LogP contribution in [0.4, 0.5) is 0 Å². The fourth-order valence-corrected chi connectivity index (χ4v) is 2.33. The Labute approximate surface area is 111 Å². The van der Waals surface area contributed by atoms with Crippen LogP contribution in [0.5, 0.6) is 0 Å². The standard InChI is InChI=1S/C15H15N3O/c1-10-3-5-12(6-4-10)18-11(2)17-14-7-8-16-9-13(14)15(18)19/h3,5-10H,4H2,1-2H3. The second-order valence-corrected chi connectivity index (χ2v) is 4.89. The van der Waals surface area contributed by atoms with E-state index in [0.717, 1.165) is 12.1 Å². The van der Waals surface area contributed by atoms with E-state index in [-0.39, 0.29) is 5.56 Å². The summed E-state index contributed by atoms with van der Waals surface area (Å²) in [6, 6.07) is 1.77. The quantitative estimate of drug-likeness (QED) is 0.784. The van der Waals surface area contributed by atoms with E-state index in [4.69, 9.17) is 0 Å². The molecule has 4 heteroatoms. The van der Waals surface area contributed by atoms with Gasteiger partial charge in [-0.3, -0.25) is 14.3 Å². The zero-order chi connectivity index (χ0) is 13.4. The van der Waals surface area contributed by atoms with Gasteiger partial charge in [-0.15, -0.1) is 0 Å². The van der Waals surface area contributed by atoms with Crippen molar-refractivity contribution in [2.75, 3.05) is 0 Å². The minimum Gasteiger partial charge on any atom is -0.268 e. The summed E-state index contributed by atoms with van der Waals surface area (Å²) in [5, 5.41) is 0.557. The highest BCUT2D eigenvalue weighted by Crippen LogP contribution is 2.19. The van der Waals surface area contributed by atoms with Crippen LogP contribution in [0.15, 0.2) is 41.5 Å². The Morgan fingerprint density at radius 3 is 3.00 bits per heavy atom. The average molecular weight is 253 g/mol. The van der Waals surface area contributed by atoms with Crippen LogP contribution in [0, 0.1) is 12.8 Å². The second kappa shape index (κ2) is 4.46. The van der Waals surface area contributed by atoms with Gasteiger partial charge in [-0.2, -0.15) is 0 Å². The van der Waals surface area contributed by atoms with Gasteiger partial charge in [0.2, 0.25) is 0 Å². The first-order valence-electron chi connectivity index (χ1n) is 6.39. The van der Waals surface area contributed by atoms with Gasteiger partial charge < -0.3 is 0 Å². The van der Waals surface area contributed by atoms with Gasteiger partial charge in [0.25, 0.3) is 5.56 Å². The number of allylic oxidation sites excluding steroid dienone is 4. The van der Waals surface area contributed by atoms with E-state index < -0.39 is 0 Å². The van der Waals surface area contributed by atoms with Crippen LogP contribution < -0.4 is 5.56 Å². The lowest BCUT2D eigenvalue weighted by atomic mass is 10.0. The molecule has 0 spiro atoms. The number of hydrogen-bond donors (Lipinski definition) is 0. The third kappa shape index (κ3) is 1.99. The van der Waals surface area contributed by atoms with Gasteiger partial charge >= 0.3 is 0 Å². The minimum absolute atomic E-state index is 0.0546. The van der Waals surface area contributed by atoms with Crippen LogP contribution in [0.2, 0.25) is 0 Å². The van der Waals surface area contributed by atoms with Crippen molar-refractivity contribution in [1.82, 2.24) is 14.5 Å². The molecule has 0 aliphatic heterocycles. The van der Waals surface area contributed by atoms with Crippen molar-refractivity contribution in [2.45, 2.75) is 20.3 Å². The molecule has 0 bridgehead atoms. The summed E-state index contributed by atoms with van der Waals surface area (Å²) >= 11 is 0. The molecule has 0 radical (unpaired) electrons. The summed E-state index contributed by atoms with van der Waals surface area (Å²) < 4.78 is 1.66.